The highest BCUT2D eigenvalue weighted by Gasteiger charge is 2.46. The van der Waals surface area contributed by atoms with Crippen molar-refractivity contribution in [3.63, 3.8) is 0 Å². The van der Waals surface area contributed by atoms with Crippen LogP contribution in [0.5, 0.6) is 5.75 Å². The van der Waals surface area contributed by atoms with Crippen molar-refractivity contribution in [2.45, 2.75) is 6.04 Å². The average Bonchev–Trinajstić information content (AvgIpc) is 3.05. The fraction of sp³-hybridized carbons (Fsp3) is 0.0833. The van der Waals surface area contributed by atoms with Gasteiger partial charge in [0.1, 0.15) is 17.3 Å². The Hall–Kier alpha value is -3.64. The lowest BCUT2D eigenvalue weighted by molar-refractivity contribution is -0.132. The number of aliphatic hydroxyl groups is 1. The zero-order valence-electron chi connectivity index (χ0n) is 16.4. The molecule has 156 valence electrons. The molecule has 0 spiro atoms. The van der Waals surface area contributed by atoms with Gasteiger partial charge in [0, 0.05) is 16.3 Å². The van der Waals surface area contributed by atoms with E-state index in [0.29, 0.717) is 27.6 Å². The maximum atomic E-state index is 13.6. The van der Waals surface area contributed by atoms with Crippen molar-refractivity contribution in [1.29, 1.82) is 0 Å². The first-order chi connectivity index (χ1) is 14.9. The van der Waals surface area contributed by atoms with E-state index in [4.69, 9.17) is 16.3 Å². The molecule has 0 bridgehead atoms. The highest BCUT2D eigenvalue weighted by atomic mass is 35.5. The molecule has 31 heavy (non-hydrogen) atoms. The number of Topliss-reactive ketones (excluding diaryl/α,β-unsaturated/α-hetero) is 1. The Morgan fingerprint density at radius 3 is 2.16 bits per heavy atom. The lowest BCUT2D eigenvalue weighted by Crippen LogP contribution is -2.29. The van der Waals surface area contributed by atoms with Gasteiger partial charge in [0.2, 0.25) is 0 Å². The number of ketones is 1. The summed E-state index contributed by atoms with van der Waals surface area (Å²) < 4.78 is 18.7. The maximum Gasteiger partial charge on any atom is 0.300 e. The molecule has 3 aromatic rings. The Morgan fingerprint density at radius 2 is 1.58 bits per heavy atom. The average molecular weight is 438 g/mol. The van der Waals surface area contributed by atoms with Crippen molar-refractivity contribution in [2.75, 3.05) is 12.0 Å². The van der Waals surface area contributed by atoms with Gasteiger partial charge in [-0.2, -0.15) is 0 Å². The molecular formula is C24H17ClFNO4. The number of halogens is 2. The number of methoxy groups -OCH3 is 1. The van der Waals surface area contributed by atoms with Gasteiger partial charge in [-0.05, 0) is 66.2 Å². The molecule has 1 N–H and O–H groups in total. The van der Waals surface area contributed by atoms with E-state index in [0.717, 1.165) is 0 Å². The first-order valence-corrected chi connectivity index (χ1v) is 9.75. The number of ether oxygens (including phenoxy) is 1. The largest absolute Gasteiger partial charge is 0.507 e. The molecule has 1 aliphatic rings. The van der Waals surface area contributed by atoms with Gasteiger partial charge < -0.3 is 9.84 Å². The lowest BCUT2D eigenvalue weighted by Gasteiger charge is -2.25. The topological polar surface area (TPSA) is 66.8 Å². The number of anilines is 1. The van der Waals surface area contributed by atoms with Crippen LogP contribution in [0.15, 0.2) is 78.4 Å². The predicted molar refractivity (Wildman–Crippen MR) is 116 cm³/mol. The van der Waals surface area contributed by atoms with E-state index >= 15 is 0 Å². The van der Waals surface area contributed by atoms with E-state index < -0.39 is 23.5 Å². The second kappa shape index (κ2) is 8.24. The van der Waals surface area contributed by atoms with Crippen LogP contribution in [0.25, 0.3) is 5.76 Å². The van der Waals surface area contributed by atoms with Crippen molar-refractivity contribution in [3.05, 3.63) is 100 Å². The summed E-state index contributed by atoms with van der Waals surface area (Å²) in [6.45, 7) is 0. The number of nitrogens with zero attached hydrogens (tertiary/aromatic N) is 1. The second-order valence-electron chi connectivity index (χ2n) is 6.93. The van der Waals surface area contributed by atoms with Crippen LogP contribution in [0.1, 0.15) is 17.2 Å². The molecule has 1 fully saturated rings. The van der Waals surface area contributed by atoms with Gasteiger partial charge in [-0.15, -0.1) is 0 Å². The second-order valence-corrected chi connectivity index (χ2v) is 7.36. The van der Waals surface area contributed by atoms with E-state index in [1.807, 2.05) is 0 Å². The highest BCUT2D eigenvalue weighted by molar-refractivity contribution is 6.51. The van der Waals surface area contributed by atoms with Crippen LogP contribution < -0.4 is 9.64 Å². The van der Waals surface area contributed by atoms with Crippen molar-refractivity contribution >= 4 is 34.7 Å². The smallest absolute Gasteiger partial charge is 0.300 e. The standard InChI is InChI=1S/C24H17ClFNO4/c1-31-19-12-10-18(11-13-19)27-21(14-4-8-17(26)9-5-14)20(23(29)24(27)30)22(28)15-2-6-16(25)7-3-15/h2-13,21,28H,1H3. The molecule has 0 radical (unpaired) electrons. The van der Waals surface area contributed by atoms with Crippen LogP contribution in [0.3, 0.4) is 0 Å². The van der Waals surface area contributed by atoms with Gasteiger partial charge >= 0.3 is 0 Å². The quantitative estimate of drug-likeness (QED) is 0.350. The molecular weight excluding hydrogens is 421 g/mol. The van der Waals surface area contributed by atoms with Crippen molar-refractivity contribution in [2.24, 2.45) is 0 Å². The number of benzene rings is 3. The number of aliphatic hydroxyl groups excluding tert-OH is 1. The molecule has 1 amide bonds. The van der Waals surface area contributed by atoms with E-state index in [9.17, 15) is 19.1 Å². The molecule has 5 nitrogen and oxygen atoms in total. The van der Waals surface area contributed by atoms with Gasteiger partial charge in [0.25, 0.3) is 11.7 Å². The minimum Gasteiger partial charge on any atom is -0.507 e. The Balaban J connectivity index is 1.91. The van der Waals surface area contributed by atoms with Crippen LogP contribution in [-0.2, 0) is 9.59 Å². The Morgan fingerprint density at radius 1 is 0.968 bits per heavy atom. The van der Waals surface area contributed by atoms with Crippen LogP contribution in [0.4, 0.5) is 10.1 Å². The Kier molecular flexibility index (Phi) is 5.48. The SMILES string of the molecule is COc1ccc(N2C(=O)C(=O)C(=C(O)c3ccc(Cl)cc3)C2c2ccc(F)cc2)cc1. The predicted octanol–water partition coefficient (Wildman–Crippen LogP) is 5.11. The van der Waals surface area contributed by atoms with E-state index in [2.05, 4.69) is 0 Å². The molecule has 1 saturated heterocycles. The summed E-state index contributed by atoms with van der Waals surface area (Å²) in [5.74, 6) is -1.84. The summed E-state index contributed by atoms with van der Waals surface area (Å²) in [7, 11) is 1.52. The van der Waals surface area contributed by atoms with E-state index in [1.54, 1.807) is 48.5 Å². The van der Waals surface area contributed by atoms with Gasteiger partial charge in [0.15, 0.2) is 0 Å². The molecule has 1 unspecified atom stereocenters. The molecule has 7 heteroatoms. The fourth-order valence-electron chi connectivity index (χ4n) is 3.57. The number of carbonyl (C=O) groups is 2. The maximum absolute atomic E-state index is 13.6. The molecule has 0 aromatic heterocycles. The zero-order valence-corrected chi connectivity index (χ0v) is 17.1. The summed E-state index contributed by atoms with van der Waals surface area (Å²) in [5.41, 5.74) is 1.17. The summed E-state index contributed by atoms with van der Waals surface area (Å²) in [4.78, 5) is 27.3. The minimum atomic E-state index is -0.940. The fourth-order valence-corrected chi connectivity index (χ4v) is 3.69. The van der Waals surface area contributed by atoms with Crippen LogP contribution in [-0.4, -0.2) is 23.9 Å². The van der Waals surface area contributed by atoms with E-state index in [1.165, 1.54) is 36.3 Å². The first kappa shape index (κ1) is 20.6. The molecule has 1 aliphatic heterocycles. The monoisotopic (exact) mass is 437 g/mol. The molecule has 1 heterocycles. The van der Waals surface area contributed by atoms with Crippen LogP contribution in [0.2, 0.25) is 5.02 Å². The number of hydrogen-bond acceptors (Lipinski definition) is 4. The van der Waals surface area contributed by atoms with Gasteiger partial charge in [-0.3, -0.25) is 14.5 Å². The van der Waals surface area contributed by atoms with E-state index in [-0.39, 0.29) is 11.3 Å². The van der Waals surface area contributed by atoms with Crippen molar-refractivity contribution in [1.82, 2.24) is 0 Å². The van der Waals surface area contributed by atoms with Crippen LogP contribution in [0, 0.1) is 5.82 Å². The van der Waals surface area contributed by atoms with Gasteiger partial charge in [-0.25, -0.2) is 4.39 Å². The number of amides is 1. The molecule has 3 aromatic carbocycles. The highest BCUT2D eigenvalue weighted by Crippen LogP contribution is 2.42. The lowest BCUT2D eigenvalue weighted by atomic mass is 9.95. The molecule has 1 atom stereocenters. The van der Waals surface area contributed by atoms with Crippen molar-refractivity contribution < 1.29 is 23.8 Å². The Labute approximate surface area is 182 Å². The van der Waals surface area contributed by atoms with Gasteiger partial charge in [0.05, 0.1) is 18.7 Å². The summed E-state index contributed by atoms with van der Waals surface area (Å²) in [5, 5.41) is 11.4. The molecule has 0 saturated carbocycles. The number of hydrogen-bond donors (Lipinski definition) is 1. The van der Waals surface area contributed by atoms with Crippen molar-refractivity contribution in [3.8, 4) is 5.75 Å². The van der Waals surface area contributed by atoms with Gasteiger partial charge in [-0.1, -0.05) is 23.7 Å². The molecule has 0 aliphatic carbocycles. The summed E-state index contributed by atoms with van der Waals surface area (Å²) in [6, 6.07) is 17.4. The zero-order chi connectivity index (χ0) is 22.1. The normalized spacial score (nSPS) is 17.8. The third-order valence-electron chi connectivity index (χ3n) is 5.10. The third kappa shape index (κ3) is 3.78. The van der Waals surface area contributed by atoms with Crippen LogP contribution >= 0.6 is 11.6 Å². The third-order valence-corrected chi connectivity index (χ3v) is 5.35. The minimum absolute atomic E-state index is 0.0882. The number of carbonyl (C=O) groups excluding carboxylic acids is 2. The molecule has 4 rings (SSSR count). The summed E-state index contributed by atoms with van der Waals surface area (Å²) >= 11 is 5.92. The summed E-state index contributed by atoms with van der Waals surface area (Å²) in [6.07, 6.45) is 0. The Bertz CT molecular complexity index is 1170. The first-order valence-electron chi connectivity index (χ1n) is 9.37. The number of rotatable bonds is 4.